The summed E-state index contributed by atoms with van der Waals surface area (Å²) in [5.74, 6) is 0.516. The van der Waals surface area contributed by atoms with E-state index in [1.54, 1.807) is 18.2 Å². The Balaban J connectivity index is 1.80. The summed E-state index contributed by atoms with van der Waals surface area (Å²) in [6.45, 7) is 4.93. The topological polar surface area (TPSA) is 81.4 Å². The Morgan fingerprint density at radius 3 is 2.93 bits per heavy atom. The molecule has 1 unspecified atom stereocenters. The van der Waals surface area contributed by atoms with Gasteiger partial charge in [0.1, 0.15) is 10.8 Å². The molecule has 144 valence electrons. The summed E-state index contributed by atoms with van der Waals surface area (Å²) in [6, 6.07) is 7.10. The van der Waals surface area contributed by atoms with Crippen LogP contribution in [0.5, 0.6) is 5.75 Å². The maximum atomic E-state index is 12.7. The molecule has 5 nitrogen and oxygen atoms in total. The second kappa shape index (κ2) is 8.57. The van der Waals surface area contributed by atoms with Crippen molar-refractivity contribution in [1.29, 1.82) is 0 Å². The number of amides is 2. The number of hydrogen-bond donors (Lipinski definition) is 2. The van der Waals surface area contributed by atoms with Crippen LogP contribution < -0.4 is 15.8 Å². The SMILES string of the molecule is CCCCOc1cccc(C(=O)Nc2sc3c(c2C(N)=O)CCC(C)C3)c1. The fraction of sp³-hybridized carbons (Fsp3) is 0.429. The minimum atomic E-state index is -0.478. The second-order valence-electron chi connectivity index (χ2n) is 7.10. The number of anilines is 1. The predicted octanol–water partition coefficient (Wildman–Crippen LogP) is 4.40. The Labute approximate surface area is 163 Å². The van der Waals surface area contributed by atoms with Gasteiger partial charge in [0.2, 0.25) is 0 Å². The molecule has 1 aliphatic rings. The largest absolute Gasteiger partial charge is 0.494 e. The minimum absolute atomic E-state index is 0.259. The lowest BCUT2D eigenvalue weighted by Crippen LogP contribution is -2.19. The summed E-state index contributed by atoms with van der Waals surface area (Å²) < 4.78 is 5.68. The molecule has 1 aliphatic carbocycles. The highest BCUT2D eigenvalue weighted by atomic mass is 32.1. The average molecular weight is 387 g/mol. The van der Waals surface area contributed by atoms with Gasteiger partial charge in [-0.25, -0.2) is 0 Å². The zero-order valence-corrected chi connectivity index (χ0v) is 16.7. The first-order valence-electron chi connectivity index (χ1n) is 9.48. The lowest BCUT2D eigenvalue weighted by Gasteiger charge is -2.18. The van der Waals surface area contributed by atoms with Gasteiger partial charge in [-0.1, -0.05) is 26.3 Å². The number of thiophene rings is 1. The molecule has 3 N–H and O–H groups in total. The van der Waals surface area contributed by atoms with Gasteiger partial charge in [0.25, 0.3) is 11.8 Å². The molecule has 1 aromatic carbocycles. The van der Waals surface area contributed by atoms with Gasteiger partial charge < -0.3 is 15.8 Å². The monoisotopic (exact) mass is 386 g/mol. The van der Waals surface area contributed by atoms with Crippen LogP contribution in [0.3, 0.4) is 0 Å². The molecule has 6 heteroatoms. The summed E-state index contributed by atoms with van der Waals surface area (Å²) in [4.78, 5) is 25.9. The maximum Gasteiger partial charge on any atom is 0.256 e. The van der Waals surface area contributed by atoms with Gasteiger partial charge in [0.15, 0.2) is 0 Å². The van der Waals surface area contributed by atoms with Gasteiger partial charge in [0.05, 0.1) is 12.2 Å². The van der Waals surface area contributed by atoms with E-state index in [-0.39, 0.29) is 5.91 Å². The van der Waals surface area contributed by atoms with E-state index in [2.05, 4.69) is 19.2 Å². The van der Waals surface area contributed by atoms with E-state index in [1.807, 2.05) is 6.07 Å². The number of nitrogens with one attached hydrogen (secondary N) is 1. The van der Waals surface area contributed by atoms with Crippen LogP contribution >= 0.6 is 11.3 Å². The van der Waals surface area contributed by atoms with Crippen molar-refractivity contribution in [2.45, 2.75) is 46.0 Å². The highest BCUT2D eigenvalue weighted by Crippen LogP contribution is 2.39. The van der Waals surface area contributed by atoms with E-state index in [0.29, 0.717) is 34.4 Å². The van der Waals surface area contributed by atoms with E-state index in [9.17, 15) is 9.59 Å². The van der Waals surface area contributed by atoms with Crippen LogP contribution in [0.1, 0.15) is 64.3 Å². The molecule has 1 aromatic heterocycles. The number of rotatable bonds is 7. The summed E-state index contributed by atoms with van der Waals surface area (Å²) in [5.41, 5.74) is 7.61. The molecule has 0 spiro atoms. The molecule has 1 atom stereocenters. The number of ether oxygens (including phenoxy) is 1. The van der Waals surface area contributed by atoms with Crippen molar-refractivity contribution in [1.82, 2.24) is 0 Å². The Morgan fingerprint density at radius 1 is 1.37 bits per heavy atom. The third-order valence-electron chi connectivity index (χ3n) is 4.85. The quantitative estimate of drug-likeness (QED) is 0.692. The average Bonchev–Trinajstić information content (AvgIpc) is 2.99. The normalized spacial score (nSPS) is 15.9. The molecule has 27 heavy (non-hydrogen) atoms. The number of nitrogens with two attached hydrogens (primary N) is 1. The number of hydrogen-bond acceptors (Lipinski definition) is 4. The van der Waals surface area contributed by atoms with Crippen molar-refractivity contribution in [3.05, 3.63) is 45.8 Å². The van der Waals surface area contributed by atoms with E-state index >= 15 is 0 Å². The highest BCUT2D eigenvalue weighted by molar-refractivity contribution is 7.17. The second-order valence-corrected chi connectivity index (χ2v) is 8.21. The van der Waals surface area contributed by atoms with Crippen LogP contribution in [-0.4, -0.2) is 18.4 Å². The smallest absolute Gasteiger partial charge is 0.256 e. The summed E-state index contributed by atoms with van der Waals surface area (Å²) in [6.07, 6.45) is 4.82. The fourth-order valence-corrected chi connectivity index (χ4v) is 4.75. The number of unbranched alkanes of at least 4 members (excludes halogenated alkanes) is 1. The molecule has 2 amide bonds. The molecule has 0 aliphatic heterocycles. The molecule has 1 heterocycles. The Bertz CT molecular complexity index is 844. The molecule has 3 rings (SSSR count). The van der Waals surface area contributed by atoms with Gasteiger partial charge >= 0.3 is 0 Å². The lowest BCUT2D eigenvalue weighted by molar-refractivity contribution is 0.1000. The van der Waals surface area contributed by atoms with Crippen molar-refractivity contribution in [3.8, 4) is 5.75 Å². The van der Waals surface area contributed by atoms with Gasteiger partial charge in [-0.3, -0.25) is 9.59 Å². The van der Waals surface area contributed by atoms with Crippen molar-refractivity contribution in [2.24, 2.45) is 11.7 Å². The van der Waals surface area contributed by atoms with E-state index in [0.717, 1.165) is 42.5 Å². The fourth-order valence-electron chi connectivity index (χ4n) is 3.34. The van der Waals surface area contributed by atoms with Gasteiger partial charge in [0, 0.05) is 10.4 Å². The maximum absolute atomic E-state index is 12.7. The number of carbonyl (C=O) groups excluding carboxylic acids is 2. The van der Waals surface area contributed by atoms with Crippen LogP contribution in [0.4, 0.5) is 5.00 Å². The molecule has 2 aromatic rings. The van der Waals surface area contributed by atoms with Crippen LogP contribution in [0, 0.1) is 5.92 Å². The number of primary amides is 1. The van der Waals surface area contributed by atoms with Crippen LogP contribution in [0.25, 0.3) is 0 Å². The molecule has 0 fully saturated rings. The summed E-state index contributed by atoms with van der Waals surface area (Å²) >= 11 is 1.47. The highest BCUT2D eigenvalue weighted by Gasteiger charge is 2.27. The van der Waals surface area contributed by atoms with Crippen LogP contribution in [0.2, 0.25) is 0 Å². The van der Waals surface area contributed by atoms with Gasteiger partial charge in [-0.2, -0.15) is 0 Å². The van der Waals surface area contributed by atoms with Crippen molar-refractivity contribution >= 4 is 28.2 Å². The summed E-state index contributed by atoms with van der Waals surface area (Å²) in [5, 5.41) is 3.46. The Hall–Kier alpha value is -2.34. The predicted molar refractivity (Wildman–Crippen MR) is 109 cm³/mol. The van der Waals surface area contributed by atoms with Crippen LogP contribution in [-0.2, 0) is 12.8 Å². The number of fused-ring (bicyclic) bond motifs is 1. The van der Waals surface area contributed by atoms with E-state index in [1.165, 1.54) is 11.3 Å². The summed E-state index contributed by atoms with van der Waals surface area (Å²) in [7, 11) is 0. The van der Waals surface area contributed by atoms with Crippen molar-refractivity contribution in [3.63, 3.8) is 0 Å². The van der Waals surface area contributed by atoms with E-state index < -0.39 is 5.91 Å². The van der Waals surface area contributed by atoms with Gasteiger partial charge in [-0.15, -0.1) is 11.3 Å². The van der Waals surface area contributed by atoms with Crippen molar-refractivity contribution in [2.75, 3.05) is 11.9 Å². The number of benzene rings is 1. The molecular weight excluding hydrogens is 360 g/mol. The van der Waals surface area contributed by atoms with E-state index in [4.69, 9.17) is 10.5 Å². The van der Waals surface area contributed by atoms with Gasteiger partial charge in [-0.05, 0) is 55.4 Å². The lowest BCUT2D eigenvalue weighted by atomic mass is 9.88. The molecule has 0 saturated heterocycles. The first-order chi connectivity index (χ1) is 13.0. The third kappa shape index (κ3) is 4.50. The molecule has 0 saturated carbocycles. The first-order valence-corrected chi connectivity index (χ1v) is 10.3. The first kappa shape index (κ1) is 19.4. The zero-order chi connectivity index (χ0) is 19.4. The third-order valence-corrected chi connectivity index (χ3v) is 6.02. The molecular formula is C21H26N2O3S. The molecule has 0 radical (unpaired) electrons. The zero-order valence-electron chi connectivity index (χ0n) is 15.8. The Morgan fingerprint density at radius 2 is 2.19 bits per heavy atom. The minimum Gasteiger partial charge on any atom is -0.494 e. The van der Waals surface area contributed by atoms with Crippen molar-refractivity contribution < 1.29 is 14.3 Å². The number of carbonyl (C=O) groups is 2. The Kier molecular flexibility index (Phi) is 6.16. The molecule has 0 bridgehead atoms. The standard InChI is InChI=1S/C21H26N2O3S/c1-3-4-10-26-15-7-5-6-14(12-15)20(25)23-21-18(19(22)24)16-9-8-13(2)11-17(16)27-21/h5-7,12-13H,3-4,8-11H2,1-2H3,(H2,22,24)(H,23,25). The van der Waals surface area contributed by atoms with Crippen LogP contribution in [0.15, 0.2) is 24.3 Å².